The highest BCUT2D eigenvalue weighted by Crippen LogP contribution is 2.11. The summed E-state index contributed by atoms with van der Waals surface area (Å²) in [6, 6.07) is 16.0. The molecule has 2 aromatic carbocycles. The molecule has 0 aromatic heterocycles. The number of nitrogens with one attached hydrogen (secondary N) is 2. The van der Waals surface area contributed by atoms with Gasteiger partial charge in [-0.15, -0.1) is 0 Å². The van der Waals surface area contributed by atoms with Gasteiger partial charge in [-0.25, -0.2) is 0 Å². The number of rotatable bonds is 6. The fourth-order valence-electron chi connectivity index (χ4n) is 1.93. The van der Waals surface area contributed by atoms with Crippen LogP contribution in [0, 0.1) is 0 Å². The predicted octanol–water partition coefficient (Wildman–Crippen LogP) is 2.33. The summed E-state index contributed by atoms with van der Waals surface area (Å²) in [5.41, 5.74) is 1.33. The first-order valence-electron chi connectivity index (χ1n) is 7.33. The first-order valence-corrected chi connectivity index (χ1v) is 8.12. The summed E-state index contributed by atoms with van der Waals surface area (Å²) in [4.78, 5) is 24.6. The molecule has 0 fully saturated rings. The maximum Gasteiger partial charge on any atom is 0.267 e. The van der Waals surface area contributed by atoms with Crippen molar-refractivity contribution in [3.05, 3.63) is 75.9 Å². The summed E-state index contributed by atoms with van der Waals surface area (Å²) in [6.45, 7) is -0.0653. The van der Waals surface area contributed by atoms with Crippen LogP contribution >= 0.6 is 15.9 Å². The Hall–Kier alpha value is -2.44. The van der Waals surface area contributed by atoms with E-state index in [9.17, 15) is 9.59 Å². The van der Waals surface area contributed by atoms with Crippen molar-refractivity contribution < 1.29 is 14.7 Å². The first kappa shape index (κ1) is 17.9. The smallest absolute Gasteiger partial charge is 0.267 e. The maximum atomic E-state index is 12.3. The molecule has 0 atom stereocenters. The second kappa shape index (κ2) is 9.00. The van der Waals surface area contributed by atoms with Crippen LogP contribution < -0.4 is 10.6 Å². The van der Waals surface area contributed by atoms with Crippen LogP contribution in [0.15, 0.2) is 64.8 Å². The third kappa shape index (κ3) is 5.33. The fraction of sp³-hybridized carbons (Fsp3) is 0.111. The largest absolute Gasteiger partial charge is 0.395 e. The van der Waals surface area contributed by atoms with E-state index in [0.717, 1.165) is 10.0 Å². The molecule has 2 rings (SSSR count). The number of amides is 2. The van der Waals surface area contributed by atoms with E-state index in [-0.39, 0.29) is 24.8 Å². The average molecular weight is 389 g/mol. The number of hydrogen-bond acceptors (Lipinski definition) is 3. The number of carbonyl (C=O) groups is 2. The molecule has 0 radical (unpaired) electrons. The van der Waals surface area contributed by atoms with Crippen molar-refractivity contribution in [1.29, 1.82) is 0 Å². The van der Waals surface area contributed by atoms with Crippen molar-refractivity contribution in [2.75, 3.05) is 13.2 Å². The zero-order valence-electron chi connectivity index (χ0n) is 12.8. The van der Waals surface area contributed by atoms with Crippen LogP contribution in [0.4, 0.5) is 0 Å². The van der Waals surface area contributed by atoms with Crippen LogP contribution in [-0.4, -0.2) is 30.1 Å². The van der Waals surface area contributed by atoms with Gasteiger partial charge in [0.25, 0.3) is 11.8 Å². The van der Waals surface area contributed by atoms with E-state index in [4.69, 9.17) is 5.11 Å². The number of carbonyl (C=O) groups excluding carboxylic acids is 2. The van der Waals surface area contributed by atoms with Crippen molar-refractivity contribution in [3.8, 4) is 0 Å². The first-order chi connectivity index (χ1) is 11.6. The van der Waals surface area contributed by atoms with Crippen LogP contribution in [0.3, 0.4) is 0 Å². The Kier molecular flexibility index (Phi) is 6.72. The summed E-state index contributed by atoms with van der Waals surface area (Å²) in [5.74, 6) is -0.845. The molecule has 24 heavy (non-hydrogen) atoms. The molecule has 0 spiro atoms. The number of hydrogen-bond donors (Lipinski definition) is 3. The molecule has 5 nitrogen and oxygen atoms in total. The molecule has 6 heteroatoms. The summed E-state index contributed by atoms with van der Waals surface area (Å²) in [7, 11) is 0. The summed E-state index contributed by atoms with van der Waals surface area (Å²) < 4.78 is 0.861. The Balaban J connectivity index is 2.22. The van der Waals surface area contributed by atoms with Gasteiger partial charge in [0.2, 0.25) is 0 Å². The van der Waals surface area contributed by atoms with Crippen molar-refractivity contribution in [2.24, 2.45) is 0 Å². The van der Waals surface area contributed by atoms with Gasteiger partial charge in [0.05, 0.1) is 6.61 Å². The van der Waals surface area contributed by atoms with Gasteiger partial charge in [-0.3, -0.25) is 9.59 Å². The minimum absolute atomic E-state index is 0.110. The van der Waals surface area contributed by atoms with Gasteiger partial charge in [-0.1, -0.05) is 46.3 Å². The van der Waals surface area contributed by atoms with Crippen LogP contribution in [0.2, 0.25) is 0 Å². The summed E-state index contributed by atoms with van der Waals surface area (Å²) in [5, 5.41) is 14.0. The molecule has 0 unspecified atom stereocenters. The van der Waals surface area contributed by atoms with Crippen LogP contribution in [0.25, 0.3) is 6.08 Å². The van der Waals surface area contributed by atoms with Crippen molar-refractivity contribution in [1.82, 2.24) is 10.6 Å². The lowest BCUT2D eigenvalue weighted by atomic mass is 10.1. The van der Waals surface area contributed by atoms with Crippen molar-refractivity contribution in [2.45, 2.75) is 0 Å². The van der Waals surface area contributed by atoms with Gasteiger partial charge in [0.1, 0.15) is 5.70 Å². The lowest BCUT2D eigenvalue weighted by molar-refractivity contribution is -0.117. The zero-order valence-corrected chi connectivity index (χ0v) is 14.4. The lowest BCUT2D eigenvalue weighted by Gasteiger charge is -2.10. The third-order valence-corrected chi connectivity index (χ3v) is 3.64. The van der Waals surface area contributed by atoms with Gasteiger partial charge >= 0.3 is 0 Å². The highest BCUT2D eigenvalue weighted by molar-refractivity contribution is 9.10. The van der Waals surface area contributed by atoms with E-state index in [1.807, 2.05) is 30.3 Å². The normalized spacial score (nSPS) is 11.0. The minimum atomic E-state index is -0.460. The van der Waals surface area contributed by atoms with E-state index in [0.29, 0.717) is 5.56 Å². The molecule has 2 aromatic rings. The Labute approximate surface area is 148 Å². The molecule has 124 valence electrons. The number of aliphatic hydroxyl groups is 1. The molecule has 2 amide bonds. The molecular weight excluding hydrogens is 372 g/mol. The topological polar surface area (TPSA) is 78.4 Å². The molecule has 0 aliphatic carbocycles. The van der Waals surface area contributed by atoms with Crippen LogP contribution in [0.5, 0.6) is 0 Å². The predicted molar refractivity (Wildman–Crippen MR) is 96.1 cm³/mol. The van der Waals surface area contributed by atoms with Gasteiger partial charge in [0.15, 0.2) is 0 Å². The molecule has 0 saturated carbocycles. The maximum absolute atomic E-state index is 12.3. The zero-order chi connectivity index (χ0) is 17.4. The number of halogens is 1. The molecular formula is C18H17BrN2O3. The number of aliphatic hydroxyl groups excluding tert-OH is 1. The van der Waals surface area contributed by atoms with E-state index >= 15 is 0 Å². The van der Waals surface area contributed by atoms with E-state index in [1.165, 1.54) is 0 Å². The van der Waals surface area contributed by atoms with Crippen LogP contribution in [0.1, 0.15) is 15.9 Å². The third-order valence-electron chi connectivity index (χ3n) is 3.11. The Morgan fingerprint density at radius 1 is 1.04 bits per heavy atom. The van der Waals surface area contributed by atoms with E-state index in [2.05, 4.69) is 26.6 Å². The molecule has 0 bridgehead atoms. The van der Waals surface area contributed by atoms with E-state index < -0.39 is 5.91 Å². The van der Waals surface area contributed by atoms with Gasteiger partial charge < -0.3 is 15.7 Å². The molecule has 0 aliphatic heterocycles. The highest BCUT2D eigenvalue weighted by atomic mass is 79.9. The van der Waals surface area contributed by atoms with Crippen LogP contribution in [-0.2, 0) is 4.79 Å². The molecule has 3 N–H and O–H groups in total. The van der Waals surface area contributed by atoms with Crippen molar-refractivity contribution in [3.63, 3.8) is 0 Å². The second-order valence-corrected chi connectivity index (χ2v) is 5.82. The molecule has 0 heterocycles. The fourth-order valence-corrected chi connectivity index (χ4v) is 2.20. The lowest BCUT2D eigenvalue weighted by Crippen LogP contribution is -2.36. The average Bonchev–Trinajstić information content (AvgIpc) is 2.60. The summed E-state index contributed by atoms with van der Waals surface area (Å²) >= 11 is 3.31. The quantitative estimate of drug-likeness (QED) is 0.664. The van der Waals surface area contributed by atoms with Gasteiger partial charge in [-0.05, 0) is 35.9 Å². The number of benzene rings is 2. The Bertz CT molecular complexity index is 728. The van der Waals surface area contributed by atoms with Crippen molar-refractivity contribution >= 4 is 33.8 Å². The second-order valence-electron chi connectivity index (χ2n) is 4.91. The summed E-state index contributed by atoms with van der Waals surface area (Å²) in [6.07, 6.45) is 1.59. The van der Waals surface area contributed by atoms with Gasteiger partial charge in [-0.2, -0.15) is 0 Å². The Morgan fingerprint density at radius 2 is 1.71 bits per heavy atom. The molecule has 0 aliphatic rings. The SMILES string of the molecule is O=C(NCCO)/C(=C\c1ccccc1)NC(=O)c1ccc(Br)cc1. The monoisotopic (exact) mass is 388 g/mol. The van der Waals surface area contributed by atoms with E-state index in [1.54, 1.807) is 30.3 Å². The van der Waals surface area contributed by atoms with Gasteiger partial charge in [0, 0.05) is 16.6 Å². The highest BCUT2D eigenvalue weighted by Gasteiger charge is 2.14. The minimum Gasteiger partial charge on any atom is -0.395 e. The Morgan fingerprint density at radius 3 is 2.33 bits per heavy atom. The standard InChI is InChI=1S/C18H17BrN2O3/c19-15-8-6-14(7-9-15)17(23)21-16(18(24)20-10-11-22)12-13-4-2-1-3-5-13/h1-9,12,22H,10-11H2,(H,20,24)(H,21,23)/b16-12+. The molecule has 0 saturated heterocycles.